The summed E-state index contributed by atoms with van der Waals surface area (Å²) in [6.45, 7) is 1.69. The van der Waals surface area contributed by atoms with Crippen molar-refractivity contribution in [1.82, 2.24) is 0 Å². The van der Waals surface area contributed by atoms with Crippen molar-refractivity contribution in [3.8, 4) is 0 Å². The third-order valence-electron chi connectivity index (χ3n) is 1.94. The van der Waals surface area contributed by atoms with Gasteiger partial charge in [0, 0.05) is 11.6 Å². The van der Waals surface area contributed by atoms with E-state index in [1.807, 2.05) is 0 Å². The molecule has 0 aliphatic rings. The summed E-state index contributed by atoms with van der Waals surface area (Å²) in [6, 6.07) is 3.47. The van der Waals surface area contributed by atoms with E-state index in [0.29, 0.717) is 0 Å². The van der Waals surface area contributed by atoms with Crippen LogP contribution in [-0.2, 0) is 0 Å². The summed E-state index contributed by atoms with van der Waals surface area (Å²) >= 11 is 0. The van der Waals surface area contributed by atoms with Gasteiger partial charge in [0.2, 0.25) is 0 Å². The molecule has 4 heteroatoms. The first-order valence-corrected chi connectivity index (χ1v) is 4.40. The standard InChI is InChI=1S/C10H13F2NO/c1-6(13)5-9(14)7-3-2-4-8(11)10(7)12/h2-4,6,9,14H,5,13H2,1H3. The van der Waals surface area contributed by atoms with Crippen LogP contribution in [0.1, 0.15) is 25.0 Å². The monoisotopic (exact) mass is 201 g/mol. The van der Waals surface area contributed by atoms with E-state index >= 15 is 0 Å². The number of benzene rings is 1. The van der Waals surface area contributed by atoms with Crippen LogP contribution in [0.5, 0.6) is 0 Å². The Morgan fingerprint density at radius 2 is 2.07 bits per heavy atom. The van der Waals surface area contributed by atoms with Gasteiger partial charge < -0.3 is 10.8 Å². The molecule has 78 valence electrons. The van der Waals surface area contributed by atoms with Crippen molar-refractivity contribution in [1.29, 1.82) is 0 Å². The van der Waals surface area contributed by atoms with Gasteiger partial charge in [0.1, 0.15) is 0 Å². The predicted octanol–water partition coefficient (Wildman–Crippen LogP) is 1.74. The molecule has 0 bridgehead atoms. The lowest BCUT2D eigenvalue weighted by atomic mass is 10.0. The zero-order valence-electron chi connectivity index (χ0n) is 7.87. The van der Waals surface area contributed by atoms with Gasteiger partial charge in [-0.3, -0.25) is 0 Å². The van der Waals surface area contributed by atoms with Crippen LogP contribution in [0.15, 0.2) is 18.2 Å². The Hall–Kier alpha value is -1.00. The van der Waals surface area contributed by atoms with Crippen molar-refractivity contribution >= 4 is 0 Å². The fourth-order valence-corrected chi connectivity index (χ4v) is 1.26. The minimum atomic E-state index is -1.05. The number of nitrogens with two attached hydrogens (primary N) is 1. The second kappa shape index (κ2) is 4.48. The van der Waals surface area contributed by atoms with E-state index in [1.165, 1.54) is 12.1 Å². The van der Waals surface area contributed by atoms with E-state index in [0.717, 1.165) is 6.07 Å². The first-order valence-electron chi connectivity index (χ1n) is 4.40. The molecule has 0 saturated carbocycles. The Morgan fingerprint density at radius 1 is 1.43 bits per heavy atom. The highest BCUT2D eigenvalue weighted by molar-refractivity contribution is 5.21. The van der Waals surface area contributed by atoms with Crippen molar-refractivity contribution in [3.05, 3.63) is 35.4 Å². The summed E-state index contributed by atoms with van der Waals surface area (Å²) in [5.74, 6) is -1.95. The molecule has 0 aliphatic carbocycles. The van der Waals surface area contributed by atoms with Crippen LogP contribution in [0.25, 0.3) is 0 Å². The molecule has 2 atom stereocenters. The smallest absolute Gasteiger partial charge is 0.164 e. The first-order chi connectivity index (χ1) is 6.52. The number of halogens is 2. The molecule has 0 spiro atoms. The zero-order chi connectivity index (χ0) is 10.7. The van der Waals surface area contributed by atoms with Crippen LogP contribution >= 0.6 is 0 Å². The molecule has 0 radical (unpaired) electrons. The Labute approximate surface area is 81.4 Å². The van der Waals surface area contributed by atoms with E-state index in [2.05, 4.69) is 0 Å². The molecule has 0 aliphatic heterocycles. The summed E-state index contributed by atoms with van der Waals surface area (Å²) in [7, 11) is 0. The highest BCUT2D eigenvalue weighted by Gasteiger charge is 2.16. The van der Waals surface area contributed by atoms with E-state index in [9.17, 15) is 13.9 Å². The number of aliphatic hydroxyl groups is 1. The normalized spacial score (nSPS) is 15.2. The zero-order valence-corrected chi connectivity index (χ0v) is 7.87. The molecular weight excluding hydrogens is 188 g/mol. The minimum absolute atomic E-state index is 0.0395. The van der Waals surface area contributed by atoms with E-state index < -0.39 is 17.7 Å². The van der Waals surface area contributed by atoms with Crippen LogP contribution in [0.2, 0.25) is 0 Å². The van der Waals surface area contributed by atoms with Gasteiger partial charge in [-0.1, -0.05) is 12.1 Å². The average Bonchev–Trinajstić information content (AvgIpc) is 2.08. The van der Waals surface area contributed by atoms with Gasteiger partial charge in [0.05, 0.1) is 6.10 Å². The lowest BCUT2D eigenvalue weighted by Crippen LogP contribution is -2.19. The Kier molecular flexibility index (Phi) is 3.55. The summed E-state index contributed by atoms with van der Waals surface area (Å²) in [6.07, 6.45) is -0.842. The molecule has 14 heavy (non-hydrogen) atoms. The predicted molar refractivity (Wildman–Crippen MR) is 49.6 cm³/mol. The summed E-state index contributed by atoms with van der Waals surface area (Å²) in [4.78, 5) is 0. The van der Waals surface area contributed by atoms with E-state index in [4.69, 9.17) is 5.73 Å². The number of hydrogen-bond donors (Lipinski definition) is 2. The van der Waals surface area contributed by atoms with Gasteiger partial charge in [0.25, 0.3) is 0 Å². The number of aliphatic hydroxyl groups excluding tert-OH is 1. The second-order valence-corrected chi connectivity index (χ2v) is 3.37. The highest BCUT2D eigenvalue weighted by atomic mass is 19.2. The molecule has 2 unspecified atom stereocenters. The molecule has 1 aromatic rings. The Bertz CT molecular complexity index is 315. The molecule has 3 N–H and O–H groups in total. The summed E-state index contributed by atoms with van der Waals surface area (Å²) in [5.41, 5.74) is 5.40. The molecule has 0 aromatic heterocycles. The van der Waals surface area contributed by atoms with Crippen molar-refractivity contribution < 1.29 is 13.9 Å². The topological polar surface area (TPSA) is 46.2 Å². The van der Waals surface area contributed by atoms with Crippen molar-refractivity contribution in [2.75, 3.05) is 0 Å². The molecule has 1 rings (SSSR count). The van der Waals surface area contributed by atoms with Gasteiger partial charge >= 0.3 is 0 Å². The molecular formula is C10H13F2NO. The Morgan fingerprint density at radius 3 is 2.64 bits per heavy atom. The van der Waals surface area contributed by atoms with Gasteiger partial charge in [-0.2, -0.15) is 0 Å². The van der Waals surface area contributed by atoms with E-state index in [1.54, 1.807) is 6.92 Å². The molecule has 0 saturated heterocycles. The molecule has 0 heterocycles. The largest absolute Gasteiger partial charge is 0.388 e. The van der Waals surface area contributed by atoms with Crippen molar-refractivity contribution in [2.45, 2.75) is 25.5 Å². The molecule has 1 aromatic carbocycles. The highest BCUT2D eigenvalue weighted by Crippen LogP contribution is 2.22. The number of hydrogen-bond acceptors (Lipinski definition) is 2. The van der Waals surface area contributed by atoms with Crippen LogP contribution in [0.4, 0.5) is 8.78 Å². The average molecular weight is 201 g/mol. The SMILES string of the molecule is CC(N)CC(O)c1cccc(F)c1F. The third-order valence-corrected chi connectivity index (χ3v) is 1.94. The quantitative estimate of drug-likeness (QED) is 0.782. The maximum Gasteiger partial charge on any atom is 0.164 e. The summed E-state index contributed by atoms with van der Waals surface area (Å²) in [5, 5.41) is 9.51. The first kappa shape index (κ1) is 11.1. The second-order valence-electron chi connectivity index (χ2n) is 3.37. The fourth-order valence-electron chi connectivity index (χ4n) is 1.26. The van der Waals surface area contributed by atoms with Crippen molar-refractivity contribution in [3.63, 3.8) is 0 Å². The maximum atomic E-state index is 13.1. The van der Waals surface area contributed by atoms with Crippen LogP contribution < -0.4 is 5.73 Å². The fraction of sp³-hybridized carbons (Fsp3) is 0.400. The molecule has 2 nitrogen and oxygen atoms in total. The lowest BCUT2D eigenvalue weighted by molar-refractivity contribution is 0.154. The van der Waals surface area contributed by atoms with Gasteiger partial charge in [0.15, 0.2) is 11.6 Å². The van der Waals surface area contributed by atoms with Crippen molar-refractivity contribution in [2.24, 2.45) is 5.73 Å². The lowest BCUT2D eigenvalue weighted by Gasteiger charge is -2.14. The van der Waals surface area contributed by atoms with Gasteiger partial charge in [-0.15, -0.1) is 0 Å². The van der Waals surface area contributed by atoms with Gasteiger partial charge in [-0.25, -0.2) is 8.78 Å². The molecule has 0 amide bonds. The third kappa shape index (κ3) is 2.49. The van der Waals surface area contributed by atoms with Crippen LogP contribution in [0.3, 0.4) is 0 Å². The van der Waals surface area contributed by atoms with Crippen LogP contribution in [-0.4, -0.2) is 11.1 Å². The van der Waals surface area contributed by atoms with E-state index in [-0.39, 0.29) is 18.0 Å². The summed E-state index contributed by atoms with van der Waals surface area (Å²) < 4.78 is 25.9. The van der Waals surface area contributed by atoms with Crippen LogP contribution in [0, 0.1) is 11.6 Å². The molecule has 0 fully saturated rings. The minimum Gasteiger partial charge on any atom is -0.388 e. The van der Waals surface area contributed by atoms with Gasteiger partial charge in [-0.05, 0) is 19.4 Å². The number of rotatable bonds is 3. The Balaban J connectivity index is 2.89. The maximum absolute atomic E-state index is 13.1.